The van der Waals surface area contributed by atoms with Crippen LogP contribution in [0.1, 0.15) is 24.3 Å². The van der Waals surface area contributed by atoms with Crippen LogP contribution in [-0.2, 0) is 4.79 Å². The summed E-state index contributed by atoms with van der Waals surface area (Å²) in [4.78, 5) is 13.6. The summed E-state index contributed by atoms with van der Waals surface area (Å²) in [6, 6.07) is 7.57. The number of likely N-dealkylation sites (tertiary alicyclic amines) is 1. The topological polar surface area (TPSA) is 40.5 Å². The molecule has 0 spiro atoms. The van der Waals surface area contributed by atoms with Crippen molar-refractivity contribution in [2.45, 2.75) is 18.8 Å². The summed E-state index contributed by atoms with van der Waals surface area (Å²) < 4.78 is 0.978. The maximum atomic E-state index is 11.3. The maximum absolute atomic E-state index is 11.3. The van der Waals surface area contributed by atoms with Crippen LogP contribution in [0.2, 0.25) is 0 Å². The second-order valence-corrected chi connectivity index (χ2v) is 5.37. The molecule has 2 rings (SSSR count). The van der Waals surface area contributed by atoms with Gasteiger partial charge in [-0.25, -0.2) is 0 Å². The summed E-state index contributed by atoms with van der Waals surface area (Å²) >= 11 is 3.36. The Morgan fingerprint density at radius 2 is 1.88 bits per heavy atom. The van der Waals surface area contributed by atoms with E-state index in [9.17, 15) is 9.90 Å². The third-order valence-corrected chi connectivity index (χ3v) is 3.74. The van der Waals surface area contributed by atoms with Crippen molar-refractivity contribution in [3.8, 4) is 0 Å². The standard InChI is InChI=1S/C13H16BrNO2/c14-11-5-3-10(4-6-11)12(13(16)17)9-15-7-1-2-8-15/h3-6,12H,1-2,7-9H2,(H,16,17)/t12-/m0/s1. The number of carbonyl (C=O) groups is 1. The van der Waals surface area contributed by atoms with Gasteiger partial charge in [0.2, 0.25) is 0 Å². The molecule has 0 unspecified atom stereocenters. The Morgan fingerprint density at radius 1 is 1.29 bits per heavy atom. The molecule has 0 amide bonds. The number of aliphatic carboxylic acids is 1. The van der Waals surface area contributed by atoms with Crippen LogP contribution in [0.5, 0.6) is 0 Å². The Labute approximate surface area is 110 Å². The summed E-state index contributed by atoms with van der Waals surface area (Å²) in [5.74, 6) is -1.15. The van der Waals surface area contributed by atoms with Gasteiger partial charge in [-0.15, -0.1) is 0 Å². The lowest BCUT2D eigenvalue weighted by atomic mass is 9.99. The largest absolute Gasteiger partial charge is 0.481 e. The second kappa shape index (κ2) is 5.65. The molecule has 17 heavy (non-hydrogen) atoms. The van der Waals surface area contributed by atoms with Crippen molar-refractivity contribution >= 4 is 21.9 Å². The van der Waals surface area contributed by atoms with E-state index in [4.69, 9.17) is 0 Å². The van der Waals surface area contributed by atoms with Crippen molar-refractivity contribution in [1.29, 1.82) is 0 Å². The average molecular weight is 298 g/mol. The van der Waals surface area contributed by atoms with Gasteiger partial charge in [-0.3, -0.25) is 4.79 Å². The van der Waals surface area contributed by atoms with Gasteiger partial charge in [0.25, 0.3) is 0 Å². The zero-order valence-corrected chi connectivity index (χ0v) is 11.2. The normalized spacial score (nSPS) is 18.2. The van der Waals surface area contributed by atoms with Gasteiger partial charge in [-0.05, 0) is 43.6 Å². The van der Waals surface area contributed by atoms with E-state index in [1.165, 1.54) is 12.8 Å². The number of carboxylic acid groups (broad SMARTS) is 1. The Morgan fingerprint density at radius 3 is 2.41 bits per heavy atom. The Bertz CT molecular complexity index is 385. The summed E-state index contributed by atoms with van der Waals surface area (Å²) in [5.41, 5.74) is 0.882. The molecule has 4 heteroatoms. The van der Waals surface area contributed by atoms with E-state index < -0.39 is 11.9 Å². The third-order valence-electron chi connectivity index (χ3n) is 3.21. The van der Waals surface area contributed by atoms with Gasteiger partial charge < -0.3 is 10.0 Å². The van der Waals surface area contributed by atoms with Gasteiger partial charge in [-0.1, -0.05) is 28.1 Å². The number of halogens is 1. The highest BCUT2D eigenvalue weighted by Gasteiger charge is 2.24. The van der Waals surface area contributed by atoms with Gasteiger partial charge in [-0.2, -0.15) is 0 Å². The first kappa shape index (κ1) is 12.6. The van der Waals surface area contributed by atoms with E-state index in [1.807, 2.05) is 24.3 Å². The van der Waals surface area contributed by atoms with Gasteiger partial charge >= 0.3 is 5.97 Å². The SMILES string of the molecule is O=C(O)[C@@H](CN1CCCC1)c1ccc(Br)cc1. The molecule has 0 saturated carbocycles. The first-order valence-electron chi connectivity index (χ1n) is 5.87. The summed E-state index contributed by atoms with van der Waals surface area (Å²) in [6.07, 6.45) is 2.37. The smallest absolute Gasteiger partial charge is 0.312 e. The van der Waals surface area contributed by atoms with Crippen LogP contribution >= 0.6 is 15.9 Å². The lowest BCUT2D eigenvalue weighted by Crippen LogP contribution is -2.29. The van der Waals surface area contributed by atoms with Crippen LogP contribution < -0.4 is 0 Å². The number of carboxylic acids is 1. The lowest BCUT2D eigenvalue weighted by Gasteiger charge is -2.20. The van der Waals surface area contributed by atoms with E-state index >= 15 is 0 Å². The molecule has 1 fully saturated rings. The molecule has 3 nitrogen and oxygen atoms in total. The predicted molar refractivity (Wildman–Crippen MR) is 70.2 cm³/mol. The van der Waals surface area contributed by atoms with Crippen molar-refractivity contribution in [2.24, 2.45) is 0 Å². The fraction of sp³-hybridized carbons (Fsp3) is 0.462. The predicted octanol–water partition coefficient (Wildman–Crippen LogP) is 2.71. The molecule has 0 bridgehead atoms. The zero-order valence-electron chi connectivity index (χ0n) is 9.60. The van der Waals surface area contributed by atoms with Crippen molar-refractivity contribution in [2.75, 3.05) is 19.6 Å². The van der Waals surface area contributed by atoms with Crippen LogP contribution in [0.15, 0.2) is 28.7 Å². The summed E-state index contributed by atoms with van der Waals surface area (Å²) in [7, 11) is 0. The van der Waals surface area contributed by atoms with Crippen LogP contribution in [0.3, 0.4) is 0 Å². The first-order valence-corrected chi connectivity index (χ1v) is 6.67. The van der Waals surface area contributed by atoms with Gasteiger partial charge in [0.05, 0.1) is 5.92 Å². The van der Waals surface area contributed by atoms with Crippen molar-refractivity contribution in [3.63, 3.8) is 0 Å². The fourth-order valence-corrected chi connectivity index (χ4v) is 2.51. The molecule has 1 aromatic rings. The summed E-state index contributed by atoms with van der Waals surface area (Å²) in [6.45, 7) is 2.68. The Kier molecular flexibility index (Phi) is 4.18. The highest BCUT2D eigenvalue weighted by molar-refractivity contribution is 9.10. The molecule has 92 valence electrons. The molecule has 0 aromatic heterocycles. The molecule has 1 N–H and O–H groups in total. The van der Waals surface area contributed by atoms with E-state index in [1.54, 1.807) is 0 Å². The minimum absolute atomic E-state index is 0.416. The lowest BCUT2D eigenvalue weighted by molar-refractivity contribution is -0.139. The van der Waals surface area contributed by atoms with Gasteiger partial charge in [0, 0.05) is 11.0 Å². The van der Waals surface area contributed by atoms with E-state index in [0.717, 1.165) is 23.1 Å². The van der Waals surface area contributed by atoms with E-state index in [-0.39, 0.29) is 0 Å². The Balaban J connectivity index is 2.10. The van der Waals surface area contributed by atoms with Crippen LogP contribution in [-0.4, -0.2) is 35.6 Å². The number of nitrogens with zero attached hydrogens (tertiary/aromatic N) is 1. The minimum Gasteiger partial charge on any atom is -0.481 e. The maximum Gasteiger partial charge on any atom is 0.312 e. The number of hydrogen-bond acceptors (Lipinski definition) is 2. The third kappa shape index (κ3) is 3.30. The van der Waals surface area contributed by atoms with Crippen molar-refractivity contribution < 1.29 is 9.90 Å². The number of benzene rings is 1. The zero-order chi connectivity index (χ0) is 12.3. The summed E-state index contributed by atoms with van der Waals surface area (Å²) in [5, 5.41) is 9.32. The molecule has 1 aliphatic rings. The molecular weight excluding hydrogens is 282 g/mol. The van der Waals surface area contributed by atoms with Crippen molar-refractivity contribution in [1.82, 2.24) is 4.90 Å². The minimum atomic E-state index is -0.737. The van der Waals surface area contributed by atoms with Crippen molar-refractivity contribution in [3.05, 3.63) is 34.3 Å². The van der Waals surface area contributed by atoms with Gasteiger partial charge in [0.1, 0.15) is 0 Å². The molecule has 1 atom stereocenters. The molecule has 1 saturated heterocycles. The average Bonchev–Trinajstić information content (AvgIpc) is 2.80. The molecule has 0 radical (unpaired) electrons. The molecular formula is C13H16BrNO2. The quantitative estimate of drug-likeness (QED) is 0.929. The van der Waals surface area contributed by atoms with Crippen LogP contribution in [0, 0.1) is 0 Å². The highest BCUT2D eigenvalue weighted by atomic mass is 79.9. The molecule has 1 aliphatic heterocycles. The van der Waals surface area contributed by atoms with Crippen LogP contribution in [0.25, 0.3) is 0 Å². The van der Waals surface area contributed by atoms with Crippen LogP contribution in [0.4, 0.5) is 0 Å². The molecule has 1 heterocycles. The van der Waals surface area contributed by atoms with E-state index in [0.29, 0.717) is 6.54 Å². The first-order chi connectivity index (χ1) is 8.16. The van der Waals surface area contributed by atoms with E-state index in [2.05, 4.69) is 20.8 Å². The monoisotopic (exact) mass is 297 g/mol. The Hall–Kier alpha value is -0.870. The molecule has 1 aromatic carbocycles. The van der Waals surface area contributed by atoms with Gasteiger partial charge in [0.15, 0.2) is 0 Å². The number of rotatable bonds is 4. The number of hydrogen-bond donors (Lipinski definition) is 1. The highest BCUT2D eigenvalue weighted by Crippen LogP contribution is 2.22. The fourth-order valence-electron chi connectivity index (χ4n) is 2.24. The molecule has 0 aliphatic carbocycles. The second-order valence-electron chi connectivity index (χ2n) is 4.45.